The minimum absolute atomic E-state index is 0.364. The lowest BCUT2D eigenvalue weighted by molar-refractivity contribution is 0.454. The fourth-order valence-electron chi connectivity index (χ4n) is 2.52. The third kappa shape index (κ3) is 3.43. The van der Waals surface area contributed by atoms with Crippen molar-refractivity contribution in [3.63, 3.8) is 0 Å². The van der Waals surface area contributed by atoms with E-state index in [1.807, 2.05) is 18.2 Å². The van der Waals surface area contributed by atoms with E-state index in [-0.39, 0.29) is 0 Å². The van der Waals surface area contributed by atoms with Crippen molar-refractivity contribution in [3.8, 4) is 5.75 Å². The average Bonchev–Trinajstić information content (AvgIpc) is 2.79. The molecule has 1 saturated carbocycles. The van der Waals surface area contributed by atoms with Gasteiger partial charge in [0, 0.05) is 23.4 Å². The third-order valence-electron chi connectivity index (χ3n) is 3.46. The fraction of sp³-hybridized carbons (Fsp3) is 0.571. The van der Waals surface area contributed by atoms with E-state index in [9.17, 15) is 5.11 Å². The Morgan fingerprint density at radius 1 is 1.44 bits per heavy atom. The predicted molar refractivity (Wildman–Crippen MR) is 82.2 cm³/mol. The zero-order chi connectivity index (χ0) is 13.0. The number of phenolic OH excluding ortho intramolecular Hbond substituents is 1. The zero-order valence-corrected chi connectivity index (χ0v) is 13.1. The number of hydrogen-bond acceptors (Lipinski definition) is 3. The largest absolute Gasteiger partial charge is 0.506 e. The zero-order valence-electron chi connectivity index (χ0n) is 10.7. The maximum Gasteiger partial charge on any atom is 0.134 e. The molecule has 0 aromatic heterocycles. The number of benzene rings is 1. The quantitative estimate of drug-likeness (QED) is 0.858. The van der Waals surface area contributed by atoms with Crippen molar-refractivity contribution >= 4 is 27.7 Å². The van der Waals surface area contributed by atoms with E-state index in [0.717, 1.165) is 21.8 Å². The van der Waals surface area contributed by atoms with Gasteiger partial charge in [0.25, 0.3) is 0 Å². The normalized spacial score (nSPS) is 23.4. The lowest BCUT2D eigenvalue weighted by Crippen LogP contribution is -2.33. The van der Waals surface area contributed by atoms with Gasteiger partial charge in [0.05, 0.1) is 4.47 Å². The topological polar surface area (TPSA) is 32.3 Å². The summed E-state index contributed by atoms with van der Waals surface area (Å²) in [5.74, 6) is 1.55. The molecule has 1 aliphatic carbocycles. The molecule has 2 nitrogen and oxygen atoms in total. The van der Waals surface area contributed by atoms with E-state index < -0.39 is 0 Å². The summed E-state index contributed by atoms with van der Waals surface area (Å²) < 4.78 is 0.771. The first-order valence-corrected chi connectivity index (χ1v) is 8.38. The summed E-state index contributed by atoms with van der Waals surface area (Å²) in [5.41, 5.74) is 0.969. The van der Waals surface area contributed by atoms with E-state index in [2.05, 4.69) is 39.9 Å². The van der Waals surface area contributed by atoms with Crippen LogP contribution < -0.4 is 5.32 Å². The Bertz CT molecular complexity index is 399. The maximum atomic E-state index is 9.95. The van der Waals surface area contributed by atoms with Crippen LogP contribution in [0.1, 0.15) is 31.7 Å². The Morgan fingerprint density at radius 3 is 3.06 bits per heavy atom. The second kappa shape index (κ2) is 6.83. The number of halogens is 1. The monoisotopic (exact) mass is 329 g/mol. The van der Waals surface area contributed by atoms with Crippen LogP contribution in [0.3, 0.4) is 0 Å². The second-order valence-electron chi connectivity index (χ2n) is 4.66. The van der Waals surface area contributed by atoms with Gasteiger partial charge in [-0.3, -0.25) is 0 Å². The summed E-state index contributed by atoms with van der Waals surface area (Å²) in [6.07, 6.45) is 3.90. The molecule has 18 heavy (non-hydrogen) atoms. The molecule has 0 spiro atoms. The summed E-state index contributed by atoms with van der Waals surface area (Å²) in [6.45, 7) is 2.97. The van der Waals surface area contributed by atoms with Gasteiger partial charge in [-0.1, -0.05) is 25.5 Å². The number of para-hydroxylation sites is 1. The predicted octanol–water partition coefficient (Wildman–Crippen LogP) is 3.92. The Morgan fingerprint density at radius 2 is 2.28 bits per heavy atom. The summed E-state index contributed by atoms with van der Waals surface area (Å²) in [6, 6.07) is 6.40. The summed E-state index contributed by atoms with van der Waals surface area (Å²) in [7, 11) is 0. The van der Waals surface area contributed by atoms with Gasteiger partial charge >= 0.3 is 0 Å². The molecule has 0 aliphatic heterocycles. The van der Waals surface area contributed by atoms with Crippen molar-refractivity contribution in [1.82, 2.24) is 5.32 Å². The molecule has 0 amide bonds. The van der Waals surface area contributed by atoms with Gasteiger partial charge in [0.1, 0.15) is 5.75 Å². The van der Waals surface area contributed by atoms with Crippen LogP contribution in [0, 0.1) is 0 Å². The van der Waals surface area contributed by atoms with Crippen molar-refractivity contribution in [2.24, 2.45) is 0 Å². The molecule has 2 atom stereocenters. The highest BCUT2D eigenvalue weighted by atomic mass is 79.9. The molecule has 0 saturated heterocycles. The Labute approximate surface area is 122 Å². The fourth-order valence-corrected chi connectivity index (χ4v) is 4.15. The summed E-state index contributed by atoms with van der Waals surface area (Å²) in [5, 5.41) is 14.3. The Balaban J connectivity index is 1.93. The minimum atomic E-state index is 0.364. The van der Waals surface area contributed by atoms with Crippen LogP contribution in [0.2, 0.25) is 0 Å². The van der Waals surface area contributed by atoms with E-state index in [1.165, 1.54) is 25.0 Å². The molecule has 1 fully saturated rings. The SMILES string of the molecule is CCSC1CCCC1NCc1cccc(Br)c1O. The van der Waals surface area contributed by atoms with Gasteiger partial charge in [-0.15, -0.1) is 0 Å². The molecular weight excluding hydrogens is 310 g/mol. The number of hydrogen-bond donors (Lipinski definition) is 2. The molecule has 0 heterocycles. The van der Waals surface area contributed by atoms with Gasteiger partial charge in [-0.2, -0.15) is 11.8 Å². The molecular formula is C14H20BrNOS. The molecule has 1 aromatic carbocycles. The molecule has 2 N–H and O–H groups in total. The number of nitrogens with one attached hydrogen (secondary N) is 1. The van der Waals surface area contributed by atoms with E-state index in [1.54, 1.807) is 0 Å². The number of rotatable bonds is 5. The van der Waals surface area contributed by atoms with Crippen molar-refractivity contribution in [2.75, 3.05) is 5.75 Å². The lowest BCUT2D eigenvalue weighted by Gasteiger charge is -2.20. The van der Waals surface area contributed by atoms with Gasteiger partial charge < -0.3 is 10.4 Å². The van der Waals surface area contributed by atoms with Gasteiger partial charge in [0.2, 0.25) is 0 Å². The minimum Gasteiger partial charge on any atom is -0.506 e. The third-order valence-corrected chi connectivity index (χ3v) is 5.42. The maximum absolute atomic E-state index is 9.95. The van der Waals surface area contributed by atoms with Gasteiger partial charge in [0.15, 0.2) is 0 Å². The van der Waals surface area contributed by atoms with Crippen LogP contribution in [0.4, 0.5) is 0 Å². The Hall–Kier alpha value is -0.190. The van der Waals surface area contributed by atoms with Crippen LogP contribution in [0.25, 0.3) is 0 Å². The molecule has 1 aromatic rings. The van der Waals surface area contributed by atoms with E-state index >= 15 is 0 Å². The second-order valence-corrected chi connectivity index (χ2v) is 7.03. The van der Waals surface area contributed by atoms with Crippen LogP contribution >= 0.6 is 27.7 Å². The molecule has 0 radical (unpaired) electrons. The van der Waals surface area contributed by atoms with Crippen molar-refractivity contribution < 1.29 is 5.11 Å². The number of aromatic hydroxyl groups is 1. The van der Waals surface area contributed by atoms with Gasteiger partial charge in [-0.25, -0.2) is 0 Å². The highest BCUT2D eigenvalue weighted by molar-refractivity contribution is 9.10. The van der Waals surface area contributed by atoms with Crippen LogP contribution in [-0.4, -0.2) is 22.2 Å². The first-order chi connectivity index (χ1) is 8.72. The van der Waals surface area contributed by atoms with E-state index in [4.69, 9.17) is 0 Å². The highest BCUT2D eigenvalue weighted by Crippen LogP contribution is 2.31. The van der Waals surface area contributed by atoms with Crippen LogP contribution in [0.15, 0.2) is 22.7 Å². The van der Waals surface area contributed by atoms with Crippen molar-refractivity contribution in [2.45, 2.75) is 44.0 Å². The lowest BCUT2D eigenvalue weighted by atomic mass is 10.1. The Kier molecular flexibility index (Phi) is 5.39. The summed E-state index contributed by atoms with van der Waals surface area (Å²) >= 11 is 5.41. The standard InChI is InChI=1S/C14H20BrNOS/c1-2-18-13-8-4-7-12(13)16-9-10-5-3-6-11(15)14(10)17/h3,5-6,12-13,16-17H,2,4,7-9H2,1H3. The molecule has 100 valence electrons. The average molecular weight is 330 g/mol. The van der Waals surface area contributed by atoms with E-state index in [0.29, 0.717) is 11.8 Å². The first-order valence-electron chi connectivity index (χ1n) is 6.53. The molecule has 2 rings (SSSR count). The van der Waals surface area contributed by atoms with Crippen molar-refractivity contribution in [1.29, 1.82) is 0 Å². The number of phenols is 1. The molecule has 2 unspecified atom stereocenters. The summed E-state index contributed by atoms with van der Waals surface area (Å²) in [4.78, 5) is 0. The number of thioether (sulfide) groups is 1. The molecule has 4 heteroatoms. The van der Waals surface area contributed by atoms with Crippen molar-refractivity contribution in [3.05, 3.63) is 28.2 Å². The first kappa shape index (κ1) is 14.2. The highest BCUT2D eigenvalue weighted by Gasteiger charge is 2.26. The molecule has 1 aliphatic rings. The smallest absolute Gasteiger partial charge is 0.134 e. The molecule has 0 bridgehead atoms. The van der Waals surface area contributed by atoms with Gasteiger partial charge in [-0.05, 0) is 40.6 Å². The van der Waals surface area contributed by atoms with Crippen LogP contribution in [-0.2, 0) is 6.54 Å². The van der Waals surface area contributed by atoms with Crippen LogP contribution in [0.5, 0.6) is 5.75 Å².